The van der Waals surface area contributed by atoms with Gasteiger partial charge in [0.25, 0.3) is 0 Å². The molecule has 0 fully saturated rings. The summed E-state index contributed by atoms with van der Waals surface area (Å²) < 4.78 is 5.51. The van der Waals surface area contributed by atoms with Crippen molar-refractivity contribution < 1.29 is 14.3 Å². The molecule has 2 N–H and O–H groups in total. The van der Waals surface area contributed by atoms with E-state index in [0.717, 1.165) is 39.6 Å². The Morgan fingerprint density at radius 3 is 2.49 bits per heavy atom. The maximum Gasteiger partial charge on any atom is 0.244 e. The highest BCUT2D eigenvalue weighted by Gasteiger charge is 2.23. The summed E-state index contributed by atoms with van der Waals surface area (Å²) in [7, 11) is 0. The van der Waals surface area contributed by atoms with Crippen LogP contribution in [0.15, 0.2) is 89.1 Å². The quantitative estimate of drug-likeness (QED) is 0.197. The monoisotopic (exact) mass is 531 g/mol. The molecule has 37 heavy (non-hydrogen) atoms. The van der Waals surface area contributed by atoms with Crippen molar-refractivity contribution in [1.82, 2.24) is 4.98 Å². The van der Waals surface area contributed by atoms with Crippen LogP contribution in [-0.4, -0.2) is 23.4 Å². The second kappa shape index (κ2) is 13.1. The minimum absolute atomic E-state index is 0.0193. The van der Waals surface area contributed by atoms with Crippen LogP contribution in [0.4, 0.5) is 10.8 Å². The SMILES string of the molecule is CCCC(=O)Nc1cccc(SC(C(=O)Nc2nc(-c3ccc(OCC)cc3)cs2)c2ccccc2)c1. The third-order valence-corrected chi connectivity index (χ3v) is 7.39. The number of ether oxygens (including phenoxy) is 1. The number of benzene rings is 3. The van der Waals surface area contributed by atoms with Gasteiger partial charge < -0.3 is 15.4 Å². The molecular formula is C29H29N3O3S2. The molecule has 4 rings (SSSR count). The number of anilines is 2. The topological polar surface area (TPSA) is 80.3 Å². The van der Waals surface area contributed by atoms with Crippen LogP contribution < -0.4 is 15.4 Å². The standard InChI is InChI=1S/C29H29N3O3S2/c1-3-9-26(33)30-22-12-8-13-24(18-22)37-27(21-10-6-5-7-11-21)28(34)32-29-31-25(19-36-29)20-14-16-23(17-15-20)35-4-2/h5-8,10-19,27H,3-4,9H2,1-2H3,(H,30,33)(H,31,32,34). The zero-order valence-electron chi connectivity index (χ0n) is 20.8. The zero-order chi connectivity index (χ0) is 26.0. The third-order valence-electron chi connectivity index (χ3n) is 5.38. The fourth-order valence-electron chi connectivity index (χ4n) is 3.66. The molecular weight excluding hydrogens is 502 g/mol. The van der Waals surface area contributed by atoms with E-state index in [-0.39, 0.29) is 11.8 Å². The first-order valence-electron chi connectivity index (χ1n) is 12.2. The van der Waals surface area contributed by atoms with E-state index in [1.807, 2.05) is 98.1 Å². The zero-order valence-corrected chi connectivity index (χ0v) is 22.4. The van der Waals surface area contributed by atoms with Gasteiger partial charge in [-0.05, 0) is 61.4 Å². The molecule has 8 heteroatoms. The van der Waals surface area contributed by atoms with E-state index in [0.29, 0.717) is 18.2 Å². The van der Waals surface area contributed by atoms with E-state index in [9.17, 15) is 9.59 Å². The largest absolute Gasteiger partial charge is 0.494 e. The first kappa shape index (κ1) is 26.4. The van der Waals surface area contributed by atoms with Crippen molar-refractivity contribution in [2.24, 2.45) is 0 Å². The van der Waals surface area contributed by atoms with Crippen LogP contribution >= 0.6 is 23.1 Å². The van der Waals surface area contributed by atoms with Crippen molar-refractivity contribution in [1.29, 1.82) is 0 Å². The van der Waals surface area contributed by atoms with Crippen LogP contribution in [0.5, 0.6) is 5.75 Å². The lowest BCUT2D eigenvalue weighted by Gasteiger charge is -2.17. The summed E-state index contributed by atoms with van der Waals surface area (Å²) in [5.74, 6) is 0.630. The summed E-state index contributed by atoms with van der Waals surface area (Å²) in [6.45, 7) is 4.54. The van der Waals surface area contributed by atoms with Crippen molar-refractivity contribution in [2.45, 2.75) is 36.8 Å². The van der Waals surface area contributed by atoms with Gasteiger partial charge in [-0.3, -0.25) is 9.59 Å². The normalized spacial score (nSPS) is 11.5. The van der Waals surface area contributed by atoms with Crippen molar-refractivity contribution in [2.75, 3.05) is 17.2 Å². The molecule has 1 aromatic heterocycles. The number of carbonyl (C=O) groups excluding carboxylic acids is 2. The molecule has 6 nitrogen and oxygen atoms in total. The number of hydrogen-bond acceptors (Lipinski definition) is 6. The predicted octanol–water partition coefficient (Wildman–Crippen LogP) is 7.42. The molecule has 0 spiro atoms. The molecule has 1 unspecified atom stereocenters. The molecule has 4 aromatic rings. The van der Waals surface area contributed by atoms with Crippen molar-refractivity contribution >= 4 is 45.7 Å². The van der Waals surface area contributed by atoms with Crippen LogP contribution in [0, 0.1) is 0 Å². The highest BCUT2D eigenvalue weighted by molar-refractivity contribution is 8.00. The van der Waals surface area contributed by atoms with Gasteiger partial charge in [0.05, 0.1) is 12.3 Å². The molecule has 1 heterocycles. The van der Waals surface area contributed by atoms with Crippen molar-refractivity contribution in [3.63, 3.8) is 0 Å². The first-order chi connectivity index (χ1) is 18.1. The number of hydrogen-bond donors (Lipinski definition) is 2. The van der Waals surface area contributed by atoms with Crippen LogP contribution in [-0.2, 0) is 9.59 Å². The molecule has 0 aliphatic heterocycles. The van der Waals surface area contributed by atoms with E-state index in [2.05, 4.69) is 15.6 Å². The summed E-state index contributed by atoms with van der Waals surface area (Å²) in [4.78, 5) is 31.0. The number of nitrogens with one attached hydrogen (secondary N) is 2. The maximum atomic E-state index is 13.5. The highest BCUT2D eigenvalue weighted by Crippen LogP contribution is 2.38. The molecule has 3 aromatic carbocycles. The molecule has 0 aliphatic carbocycles. The van der Waals surface area contributed by atoms with Gasteiger partial charge in [0.2, 0.25) is 11.8 Å². The smallest absolute Gasteiger partial charge is 0.244 e. The Kier molecular flexibility index (Phi) is 9.35. The van der Waals surface area contributed by atoms with Gasteiger partial charge >= 0.3 is 0 Å². The summed E-state index contributed by atoms with van der Waals surface area (Å²) in [5.41, 5.74) is 3.35. The Hall–Kier alpha value is -3.62. The van der Waals surface area contributed by atoms with Gasteiger partial charge in [0, 0.05) is 27.9 Å². The Morgan fingerprint density at radius 1 is 0.973 bits per heavy atom. The van der Waals surface area contributed by atoms with Gasteiger partial charge in [-0.2, -0.15) is 0 Å². The van der Waals surface area contributed by atoms with E-state index in [4.69, 9.17) is 4.74 Å². The summed E-state index contributed by atoms with van der Waals surface area (Å²) >= 11 is 2.82. The molecule has 190 valence electrons. The lowest BCUT2D eigenvalue weighted by Crippen LogP contribution is -2.19. The second-order valence-corrected chi connectivity index (χ2v) is 10.3. The number of thiazole rings is 1. The highest BCUT2D eigenvalue weighted by atomic mass is 32.2. The average molecular weight is 532 g/mol. The fraction of sp³-hybridized carbons (Fsp3) is 0.207. The molecule has 1 atom stereocenters. The predicted molar refractivity (Wildman–Crippen MR) is 152 cm³/mol. The van der Waals surface area contributed by atoms with Crippen LogP contribution in [0.2, 0.25) is 0 Å². The van der Waals surface area contributed by atoms with E-state index >= 15 is 0 Å². The average Bonchev–Trinajstić information content (AvgIpc) is 3.37. The minimum atomic E-state index is -0.499. The van der Waals surface area contributed by atoms with Gasteiger partial charge in [0.15, 0.2) is 5.13 Å². The fourth-order valence-corrected chi connectivity index (χ4v) is 5.46. The first-order valence-corrected chi connectivity index (χ1v) is 13.9. The summed E-state index contributed by atoms with van der Waals surface area (Å²) in [6.07, 6.45) is 1.26. The Labute approximate surface area is 225 Å². The number of thioether (sulfide) groups is 1. The van der Waals surface area contributed by atoms with E-state index in [1.54, 1.807) is 0 Å². The van der Waals surface area contributed by atoms with Gasteiger partial charge in [-0.1, -0.05) is 43.3 Å². The Morgan fingerprint density at radius 2 is 1.76 bits per heavy atom. The lowest BCUT2D eigenvalue weighted by molar-refractivity contribution is -0.116. The second-order valence-electron chi connectivity index (χ2n) is 8.22. The lowest BCUT2D eigenvalue weighted by atomic mass is 10.1. The van der Waals surface area contributed by atoms with Gasteiger partial charge in [-0.15, -0.1) is 23.1 Å². The third kappa shape index (κ3) is 7.44. The Bertz CT molecular complexity index is 1320. The number of amides is 2. The van der Waals surface area contributed by atoms with Gasteiger partial charge in [0.1, 0.15) is 11.0 Å². The molecule has 0 saturated carbocycles. The number of carbonyl (C=O) groups is 2. The maximum absolute atomic E-state index is 13.5. The summed E-state index contributed by atoms with van der Waals surface area (Å²) in [5, 5.41) is 7.89. The van der Waals surface area contributed by atoms with E-state index < -0.39 is 5.25 Å². The number of rotatable bonds is 11. The van der Waals surface area contributed by atoms with Crippen LogP contribution in [0.25, 0.3) is 11.3 Å². The molecule has 2 amide bonds. The molecule has 0 bridgehead atoms. The van der Waals surface area contributed by atoms with Crippen LogP contribution in [0.3, 0.4) is 0 Å². The van der Waals surface area contributed by atoms with Crippen molar-refractivity contribution in [3.05, 3.63) is 89.8 Å². The minimum Gasteiger partial charge on any atom is -0.494 e. The van der Waals surface area contributed by atoms with E-state index in [1.165, 1.54) is 23.1 Å². The molecule has 0 saturated heterocycles. The summed E-state index contributed by atoms with van der Waals surface area (Å²) in [6, 6.07) is 25.0. The van der Waals surface area contributed by atoms with Crippen LogP contribution in [0.1, 0.15) is 37.5 Å². The molecule has 0 aliphatic rings. The number of nitrogens with zero attached hydrogens (tertiary/aromatic N) is 1. The Balaban J connectivity index is 1.50. The van der Waals surface area contributed by atoms with Crippen molar-refractivity contribution in [3.8, 4) is 17.0 Å². The van der Waals surface area contributed by atoms with Gasteiger partial charge in [-0.25, -0.2) is 4.98 Å². The number of aromatic nitrogens is 1. The molecule has 0 radical (unpaired) electrons.